The van der Waals surface area contributed by atoms with Crippen molar-refractivity contribution in [3.05, 3.63) is 12.7 Å². The van der Waals surface area contributed by atoms with E-state index >= 15 is 0 Å². The number of fused-ring (bicyclic) bond motifs is 1. The minimum Gasteiger partial charge on any atom is -0.412 e. The van der Waals surface area contributed by atoms with Crippen LogP contribution in [0, 0.1) is 5.41 Å². The molecule has 0 aliphatic carbocycles. The summed E-state index contributed by atoms with van der Waals surface area (Å²) in [6.45, 7) is 0.723. The van der Waals surface area contributed by atoms with Gasteiger partial charge < -0.3 is 56.4 Å². The van der Waals surface area contributed by atoms with Crippen molar-refractivity contribution in [1.29, 1.82) is 0 Å². The number of aromatic nitrogens is 4. The van der Waals surface area contributed by atoms with E-state index in [1.807, 2.05) is 0 Å². The average molecular weight is 786 g/mol. The largest absolute Gasteiger partial charge is 0.481 e. The minimum atomic E-state index is -5.54. The van der Waals surface area contributed by atoms with E-state index in [1.165, 1.54) is 13.8 Å². The van der Waals surface area contributed by atoms with Crippen molar-refractivity contribution in [2.75, 3.05) is 37.8 Å². The zero-order valence-corrected chi connectivity index (χ0v) is 29.3. The van der Waals surface area contributed by atoms with Gasteiger partial charge in [-0.3, -0.25) is 27.7 Å². The van der Waals surface area contributed by atoms with Gasteiger partial charge in [0.25, 0.3) is 0 Å². The fraction of sp³-hybridized carbons (Fsp3) is 0.667. The van der Waals surface area contributed by atoms with Crippen LogP contribution in [0.2, 0.25) is 0 Å². The molecule has 2 aromatic rings. The Morgan fingerprint density at radius 3 is 2.39 bits per heavy atom. The number of aliphatic hydroxyl groups is 2. The molecule has 1 aliphatic rings. The Morgan fingerprint density at radius 2 is 1.76 bits per heavy atom. The topological polar surface area (TPSA) is 378 Å². The maximum Gasteiger partial charge on any atom is 0.481 e. The van der Waals surface area contributed by atoms with Crippen LogP contribution in [0.15, 0.2) is 12.7 Å². The predicted octanol–water partition coefficient (Wildman–Crippen LogP) is -2.49. The molecule has 0 aromatic carbocycles. The Morgan fingerprint density at radius 1 is 1.10 bits per heavy atom. The molecule has 12 N–H and O–H groups in total. The summed E-state index contributed by atoms with van der Waals surface area (Å²) in [5.41, 5.74) is 4.30. The summed E-state index contributed by atoms with van der Waals surface area (Å²) in [4.78, 5) is 74.6. The third-order valence-electron chi connectivity index (χ3n) is 6.51. The molecule has 2 aromatic heterocycles. The van der Waals surface area contributed by atoms with Gasteiger partial charge in [0, 0.05) is 30.7 Å². The van der Waals surface area contributed by atoms with Crippen molar-refractivity contribution in [3.63, 3.8) is 0 Å². The van der Waals surface area contributed by atoms with Crippen LogP contribution in [-0.2, 0) is 45.9 Å². The number of phosphoric acid groups is 3. The number of imidazole rings is 1. The first-order valence-corrected chi connectivity index (χ1v) is 18.8. The van der Waals surface area contributed by atoms with E-state index in [-0.39, 0.29) is 41.3 Å². The van der Waals surface area contributed by atoms with Crippen LogP contribution in [0.4, 0.5) is 5.82 Å². The lowest BCUT2D eigenvalue weighted by molar-refractivity contribution is -0.137. The van der Waals surface area contributed by atoms with Gasteiger partial charge in [-0.25, -0.2) is 28.6 Å². The summed E-state index contributed by atoms with van der Waals surface area (Å²) in [6.07, 6.45) is -6.74. The monoisotopic (exact) mass is 785 g/mol. The first-order valence-electron chi connectivity index (χ1n) is 13.7. The zero-order chi connectivity index (χ0) is 36.1. The van der Waals surface area contributed by atoms with E-state index in [4.69, 9.17) is 19.5 Å². The van der Waals surface area contributed by atoms with Crippen molar-refractivity contribution >= 4 is 64.9 Å². The third kappa shape index (κ3) is 12.2. The number of aliphatic hydroxyl groups excluding tert-OH is 2. The van der Waals surface area contributed by atoms with Gasteiger partial charge in [-0.2, -0.15) is 16.9 Å². The number of carbonyl (C=O) groups excluding carboxylic acids is 2. The molecule has 1 saturated heterocycles. The number of nitrogen functional groups attached to an aromatic ring is 1. The van der Waals surface area contributed by atoms with Gasteiger partial charge in [0.2, 0.25) is 11.8 Å². The number of carbonyl (C=O) groups is 2. The second kappa shape index (κ2) is 17.4. The normalized spacial score (nSPS) is 22.9. The fourth-order valence-corrected chi connectivity index (χ4v) is 7.08. The number of thiol groups is 1. The van der Waals surface area contributed by atoms with Crippen LogP contribution < -0.4 is 16.4 Å². The van der Waals surface area contributed by atoms with E-state index in [0.29, 0.717) is 12.3 Å². The van der Waals surface area contributed by atoms with Crippen molar-refractivity contribution in [3.8, 4) is 0 Å². The van der Waals surface area contributed by atoms with Crippen molar-refractivity contribution in [2.24, 2.45) is 5.41 Å². The minimum absolute atomic E-state index is 0. The van der Waals surface area contributed by atoms with Gasteiger partial charge in [0.15, 0.2) is 17.7 Å². The molecule has 0 bridgehead atoms. The van der Waals surface area contributed by atoms with Crippen LogP contribution >= 0.6 is 36.1 Å². The number of nitrogens with zero attached hydrogens (tertiary/aromatic N) is 4. The van der Waals surface area contributed by atoms with Crippen molar-refractivity contribution < 1.29 is 81.2 Å². The van der Waals surface area contributed by atoms with Gasteiger partial charge in [-0.05, 0) is 0 Å². The number of nitrogens with one attached hydrogen (secondary N) is 2. The van der Waals surface area contributed by atoms with Gasteiger partial charge in [-0.1, -0.05) is 13.8 Å². The standard InChI is InChI=1S/C21H36N7O16P3S.H2O/c1-21(2,16(31)19(32)24-4-3-12(29)23-5-6-48)8-41-47(38,39)44-46(36,37)40-7-11-15(43-45(33,34)35)14(30)20(42-11)28-10-27-13-17(22)25-9-26-18(13)28;/h9-11,14-16,20,30-31,48H,3-8H2,1-2H3,(H,23,29)(H,24,32)(H,36,37)(H,38,39)(H2,22,25,26)(H2,33,34,35);1H2/t11-,14-,15-,16+,20-;/m1./s1. The molecule has 7 atom stereocenters. The zero-order valence-electron chi connectivity index (χ0n) is 25.7. The summed E-state index contributed by atoms with van der Waals surface area (Å²) >= 11 is 3.95. The highest BCUT2D eigenvalue weighted by Crippen LogP contribution is 2.61. The van der Waals surface area contributed by atoms with Gasteiger partial charge >= 0.3 is 23.5 Å². The maximum absolute atomic E-state index is 12.6. The quantitative estimate of drug-likeness (QED) is 0.0552. The first kappa shape index (κ1) is 43.0. The summed E-state index contributed by atoms with van der Waals surface area (Å²) < 4.78 is 61.7. The highest BCUT2D eigenvalue weighted by Gasteiger charge is 2.50. The van der Waals surface area contributed by atoms with Gasteiger partial charge in [-0.15, -0.1) is 0 Å². The molecule has 1 aliphatic heterocycles. The number of hydrogen-bond acceptors (Lipinski definition) is 17. The number of anilines is 1. The molecule has 3 heterocycles. The van der Waals surface area contributed by atoms with E-state index in [2.05, 4.69) is 47.0 Å². The maximum atomic E-state index is 12.6. The molecule has 0 radical (unpaired) electrons. The van der Waals surface area contributed by atoms with Gasteiger partial charge in [0.05, 0.1) is 19.5 Å². The summed E-state index contributed by atoms with van der Waals surface area (Å²) in [5, 5.41) is 26.1. The molecule has 49 heavy (non-hydrogen) atoms. The summed E-state index contributed by atoms with van der Waals surface area (Å²) in [5.74, 6) is -0.943. The Bertz CT molecular complexity index is 1600. The molecule has 24 nitrogen and oxygen atoms in total. The Balaban J connectivity index is 0.00000833. The van der Waals surface area contributed by atoms with Crippen LogP contribution in [0.3, 0.4) is 0 Å². The fourth-order valence-electron chi connectivity index (χ4n) is 4.14. The predicted molar refractivity (Wildman–Crippen MR) is 167 cm³/mol. The van der Waals surface area contributed by atoms with Crippen LogP contribution in [0.5, 0.6) is 0 Å². The number of ether oxygens (including phenoxy) is 1. The molecule has 0 spiro atoms. The summed E-state index contributed by atoms with van der Waals surface area (Å²) in [6, 6.07) is 0. The van der Waals surface area contributed by atoms with Crippen LogP contribution in [-0.4, -0.2) is 123 Å². The van der Waals surface area contributed by atoms with Crippen LogP contribution in [0.25, 0.3) is 11.2 Å². The molecule has 2 unspecified atom stereocenters. The molecule has 3 rings (SSSR count). The molecular weight excluding hydrogens is 747 g/mol. The second-order valence-corrected chi connectivity index (χ2v) is 15.5. The smallest absolute Gasteiger partial charge is 0.412 e. The Hall–Kier alpha value is -2.15. The van der Waals surface area contributed by atoms with Crippen molar-refractivity contribution in [2.45, 2.75) is 50.9 Å². The molecule has 0 saturated carbocycles. The van der Waals surface area contributed by atoms with E-state index in [1.54, 1.807) is 0 Å². The molecule has 280 valence electrons. The van der Waals surface area contributed by atoms with E-state index in [9.17, 15) is 53.1 Å². The molecule has 28 heteroatoms. The highest BCUT2D eigenvalue weighted by atomic mass is 32.1. The molecule has 2 amide bonds. The number of nitrogens with two attached hydrogens (primary N) is 1. The van der Waals surface area contributed by atoms with Crippen molar-refractivity contribution in [1.82, 2.24) is 30.2 Å². The second-order valence-electron chi connectivity index (χ2n) is 10.8. The lowest BCUT2D eigenvalue weighted by Crippen LogP contribution is -2.46. The average Bonchev–Trinajstić information content (AvgIpc) is 3.54. The van der Waals surface area contributed by atoms with Crippen LogP contribution in [0.1, 0.15) is 26.5 Å². The van der Waals surface area contributed by atoms with E-state index in [0.717, 1.165) is 17.2 Å². The summed E-state index contributed by atoms with van der Waals surface area (Å²) in [7, 11) is -16.3. The van der Waals surface area contributed by atoms with Gasteiger partial charge in [0.1, 0.15) is 36.3 Å². The lowest BCUT2D eigenvalue weighted by atomic mass is 9.87. The molecular formula is C21H38N7O17P3S. The Kier molecular flexibility index (Phi) is 15.3. The number of amides is 2. The van der Waals surface area contributed by atoms with E-state index < -0.39 is 78.6 Å². The molecule has 1 fully saturated rings. The first-order chi connectivity index (χ1) is 22.2. The SMILES string of the molecule is CC(C)(COP(=O)(O)OP(=O)(O)OC[C@H]1O[C@@H](n2cnc3c(N)ncnc32)[C@H](O)[C@@H]1OP(=O)(O)O)[C@@H](O)C(=O)NCCC(=O)NCCS.O. The number of hydrogen-bond donors (Lipinski definition) is 10. The third-order valence-corrected chi connectivity index (χ3v) is 9.83. The number of phosphoric ester groups is 3. The Labute approximate surface area is 282 Å². The number of rotatable bonds is 18. The highest BCUT2D eigenvalue weighted by molar-refractivity contribution is 7.80. The lowest BCUT2D eigenvalue weighted by Gasteiger charge is -2.30.